The molecule has 1 amide bonds. The molecule has 1 aromatic rings. The third-order valence-electron chi connectivity index (χ3n) is 3.03. The zero-order chi connectivity index (χ0) is 16.0. The maximum atomic E-state index is 11.9. The average molecular weight is 313 g/mol. The van der Waals surface area contributed by atoms with Crippen LogP contribution in [0.15, 0.2) is 0 Å². The van der Waals surface area contributed by atoms with Crippen molar-refractivity contribution in [2.24, 2.45) is 0 Å². The number of hydrogen-bond donors (Lipinski definition) is 2. The van der Waals surface area contributed by atoms with Gasteiger partial charge in [-0.05, 0) is 39.2 Å². The summed E-state index contributed by atoms with van der Waals surface area (Å²) in [5.41, 5.74) is 1.03. The molecule has 0 atom stereocenters. The van der Waals surface area contributed by atoms with Gasteiger partial charge in [0.25, 0.3) is 0 Å². The number of aryl methyl sites for hydroxylation is 1. The van der Waals surface area contributed by atoms with Crippen LogP contribution < -0.4 is 5.32 Å². The number of amides is 1. The van der Waals surface area contributed by atoms with Crippen LogP contribution in [0.3, 0.4) is 0 Å². The van der Waals surface area contributed by atoms with Crippen molar-refractivity contribution in [1.82, 2.24) is 0 Å². The Morgan fingerprint density at radius 2 is 2.05 bits per heavy atom. The molecule has 0 aliphatic heterocycles. The number of anilines is 1. The summed E-state index contributed by atoms with van der Waals surface area (Å²) in [5.74, 6) is -1.16. The van der Waals surface area contributed by atoms with Crippen LogP contribution in [0.25, 0.3) is 0 Å². The molecule has 5 nitrogen and oxygen atoms in total. The van der Waals surface area contributed by atoms with Crippen molar-refractivity contribution in [1.29, 1.82) is 0 Å². The summed E-state index contributed by atoms with van der Waals surface area (Å²) in [6.07, 6.45) is 1.74. The van der Waals surface area contributed by atoms with E-state index in [2.05, 4.69) is 5.32 Å². The highest BCUT2D eigenvalue weighted by Gasteiger charge is 2.21. The van der Waals surface area contributed by atoms with E-state index in [-0.39, 0.29) is 17.6 Å². The lowest BCUT2D eigenvalue weighted by Crippen LogP contribution is -2.14. The van der Waals surface area contributed by atoms with E-state index in [0.717, 1.165) is 10.4 Å². The first kappa shape index (κ1) is 17.7. The van der Waals surface area contributed by atoms with Crippen LogP contribution in [0.1, 0.15) is 54.4 Å². The number of carbonyl (C=O) groups excluding carboxylic acids is 1. The van der Waals surface area contributed by atoms with E-state index < -0.39 is 5.97 Å². The molecule has 118 valence electrons. The van der Waals surface area contributed by atoms with Crippen LogP contribution >= 0.6 is 11.3 Å². The Morgan fingerprint density at radius 1 is 1.38 bits per heavy atom. The van der Waals surface area contributed by atoms with Crippen molar-refractivity contribution in [2.75, 3.05) is 11.9 Å². The predicted octanol–water partition coefficient (Wildman–Crippen LogP) is 3.46. The van der Waals surface area contributed by atoms with E-state index >= 15 is 0 Å². The van der Waals surface area contributed by atoms with Crippen LogP contribution in [0.4, 0.5) is 5.00 Å². The minimum Gasteiger partial charge on any atom is -0.478 e. The van der Waals surface area contributed by atoms with E-state index in [1.807, 2.05) is 27.7 Å². The highest BCUT2D eigenvalue weighted by molar-refractivity contribution is 7.16. The standard InChI is InChI=1S/C15H23NO4S/c1-5-11-10(4)21-14(13(11)15(18)19)16-12(17)7-6-8-20-9(2)3/h9H,5-8H2,1-4H3,(H,16,17)(H,18,19). The Hall–Kier alpha value is -1.40. The average Bonchev–Trinajstić information content (AvgIpc) is 2.70. The first-order valence-electron chi connectivity index (χ1n) is 7.13. The van der Waals surface area contributed by atoms with Crippen molar-refractivity contribution < 1.29 is 19.4 Å². The molecule has 0 aromatic carbocycles. The second kappa shape index (κ2) is 8.14. The van der Waals surface area contributed by atoms with Crippen LogP contribution in [0.5, 0.6) is 0 Å². The third kappa shape index (κ3) is 5.13. The highest BCUT2D eigenvalue weighted by atomic mass is 32.1. The summed E-state index contributed by atoms with van der Waals surface area (Å²) < 4.78 is 5.37. The topological polar surface area (TPSA) is 75.6 Å². The van der Waals surface area contributed by atoms with E-state index in [1.54, 1.807) is 0 Å². The van der Waals surface area contributed by atoms with Crippen molar-refractivity contribution >= 4 is 28.2 Å². The fourth-order valence-electron chi connectivity index (χ4n) is 2.06. The Kier molecular flexibility index (Phi) is 6.84. The summed E-state index contributed by atoms with van der Waals surface area (Å²) in [4.78, 5) is 24.2. The first-order chi connectivity index (χ1) is 9.86. The van der Waals surface area contributed by atoms with Gasteiger partial charge in [0.1, 0.15) is 5.00 Å². The van der Waals surface area contributed by atoms with Gasteiger partial charge in [0, 0.05) is 17.9 Å². The number of thiophene rings is 1. The molecule has 21 heavy (non-hydrogen) atoms. The van der Waals surface area contributed by atoms with Crippen LogP contribution in [-0.2, 0) is 16.0 Å². The molecule has 0 aliphatic rings. The van der Waals surface area contributed by atoms with Crippen molar-refractivity contribution in [3.8, 4) is 0 Å². The lowest BCUT2D eigenvalue weighted by atomic mass is 10.1. The lowest BCUT2D eigenvalue weighted by Gasteiger charge is -2.07. The minimum absolute atomic E-state index is 0.152. The number of carboxylic acid groups (broad SMARTS) is 1. The van der Waals surface area contributed by atoms with Crippen molar-refractivity contribution in [3.05, 3.63) is 16.0 Å². The Morgan fingerprint density at radius 3 is 2.57 bits per heavy atom. The normalized spacial score (nSPS) is 10.9. The smallest absolute Gasteiger partial charge is 0.339 e. The molecule has 0 spiro atoms. The molecule has 0 saturated heterocycles. The predicted molar refractivity (Wildman–Crippen MR) is 84.3 cm³/mol. The first-order valence-corrected chi connectivity index (χ1v) is 7.95. The summed E-state index contributed by atoms with van der Waals surface area (Å²) in [6.45, 7) is 8.21. The van der Waals surface area contributed by atoms with Gasteiger partial charge >= 0.3 is 5.97 Å². The van der Waals surface area contributed by atoms with Crippen LogP contribution in [0.2, 0.25) is 0 Å². The van der Waals surface area contributed by atoms with Gasteiger partial charge < -0.3 is 15.2 Å². The van der Waals surface area contributed by atoms with E-state index in [1.165, 1.54) is 11.3 Å². The number of ether oxygens (including phenoxy) is 1. The minimum atomic E-state index is -0.991. The second-order valence-corrected chi connectivity index (χ2v) is 6.30. The molecule has 1 aromatic heterocycles. The SMILES string of the molecule is CCc1c(C)sc(NC(=O)CCCOC(C)C)c1C(=O)O. The Balaban J connectivity index is 2.66. The maximum absolute atomic E-state index is 11.9. The number of carboxylic acids is 1. The quantitative estimate of drug-likeness (QED) is 0.721. The fraction of sp³-hybridized carbons (Fsp3) is 0.600. The number of nitrogens with one attached hydrogen (secondary N) is 1. The van der Waals surface area contributed by atoms with Gasteiger partial charge in [-0.15, -0.1) is 11.3 Å². The van der Waals surface area contributed by atoms with Crippen molar-refractivity contribution in [3.63, 3.8) is 0 Å². The van der Waals surface area contributed by atoms with Gasteiger partial charge in [0.15, 0.2) is 0 Å². The number of aromatic carboxylic acids is 1. The van der Waals surface area contributed by atoms with Gasteiger partial charge in [0.2, 0.25) is 5.91 Å². The van der Waals surface area contributed by atoms with Crippen LogP contribution in [-0.4, -0.2) is 29.7 Å². The highest BCUT2D eigenvalue weighted by Crippen LogP contribution is 2.33. The largest absolute Gasteiger partial charge is 0.478 e. The van der Waals surface area contributed by atoms with Gasteiger partial charge in [-0.25, -0.2) is 4.79 Å². The summed E-state index contributed by atoms with van der Waals surface area (Å²) in [6, 6.07) is 0. The third-order valence-corrected chi connectivity index (χ3v) is 4.09. The molecule has 0 unspecified atom stereocenters. The van der Waals surface area contributed by atoms with Crippen molar-refractivity contribution in [2.45, 2.75) is 53.1 Å². The zero-order valence-corrected chi connectivity index (χ0v) is 13.8. The molecule has 6 heteroatoms. The molecule has 0 aliphatic carbocycles. The number of hydrogen-bond acceptors (Lipinski definition) is 4. The molecular formula is C15H23NO4S. The summed E-state index contributed by atoms with van der Waals surface area (Å²) in [7, 11) is 0. The molecule has 0 saturated carbocycles. The van der Waals surface area contributed by atoms with Crippen LogP contribution in [0, 0.1) is 6.92 Å². The maximum Gasteiger partial charge on any atom is 0.339 e. The van der Waals surface area contributed by atoms with Gasteiger partial charge in [-0.3, -0.25) is 4.79 Å². The summed E-state index contributed by atoms with van der Waals surface area (Å²) >= 11 is 1.32. The molecule has 1 rings (SSSR count). The van der Waals surface area contributed by atoms with E-state index in [9.17, 15) is 14.7 Å². The fourth-order valence-corrected chi connectivity index (χ4v) is 3.21. The molecular weight excluding hydrogens is 290 g/mol. The van der Waals surface area contributed by atoms with E-state index in [4.69, 9.17) is 4.74 Å². The van der Waals surface area contributed by atoms with Gasteiger partial charge in [-0.2, -0.15) is 0 Å². The van der Waals surface area contributed by atoms with Gasteiger partial charge in [0.05, 0.1) is 11.7 Å². The lowest BCUT2D eigenvalue weighted by molar-refractivity contribution is -0.116. The molecule has 0 fully saturated rings. The summed E-state index contributed by atoms with van der Waals surface area (Å²) in [5, 5.41) is 12.5. The number of carbonyl (C=O) groups is 2. The molecule has 2 N–H and O–H groups in total. The van der Waals surface area contributed by atoms with E-state index in [0.29, 0.717) is 30.9 Å². The Bertz CT molecular complexity index is 508. The van der Waals surface area contributed by atoms with Gasteiger partial charge in [-0.1, -0.05) is 6.92 Å². The Labute approximate surface area is 129 Å². The number of rotatable bonds is 8. The monoisotopic (exact) mass is 313 g/mol. The molecule has 0 radical (unpaired) electrons. The second-order valence-electron chi connectivity index (χ2n) is 5.07. The molecule has 1 heterocycles. The molecule has 0 bridgehead atoms. The zero-order valence-electron chi connectivity index (χ0n) is 13.0.